The lowest BCUT2D eigenvalue weighted by atomic mass is 9.74. The molecule has 3 atom stereocenters. The van der Waals surface area contributed by atoms with Crippen molar-refractivity contribution in [3.8, 4) is 0 Å². The second kappa shape index (κ2) is 5.15. The minimum absolute atomic E-state index is 0.0887. The highest BCUT2D eigenvalue weighted by Gasteiger charge is 2.61. The minimum atomic E-state index is -2.73. The van der Waals surface area contributed by atoms with Crippen LogP contribution in [0.4, 0.5) is 0 Å². The normalized spacial score (nSPS) is 32.5. The molecule has 0 aromatic heterocycles. The summed E-state index contributed by atoms with van der Waals surface area (Å²) in [5.74, 6) is -8.51. The Labute approximate surface area is 137 Å². The van der Waals surface area contributed by atoms with E-state index in [9.17, 15) is 30.3 Å². The van der Waals surface area contributed by atoms with E-state index in [-0.39, 0.29) is 22.5 Å². The van der Waals surface area contributed by atoms with Gasteiger partial charge < -0.3 is 30.3 Å². The molecular weight excluding hydrogens is 316 g/mol. The highest BCUT2D eigenvalue weighted by Crippen LogP contribution is 2.48. The quantitative estimate of drug-likeness (QED) is 0.465. The molecule has 1 aliphatic carbocycles. The van der Waals surface area contributed by atoms with Crippen LogP contribution in [0.1, 0.15) is 19.4 Å². The predicted molar refractivity (Wildman–Crippen MR) is 81.1 cm³/mol. The van der Waals surface area contributed by atoms with E-state index in [0.29, 0.717) is 0 Å². The lowest BCUT2D eigenvalue weighted by molar-refractivity contribution is -0.279. The smallest absolute Gasteiger partial charge is 0.267 e. The van der Waals surface area contributed by atoms with E-state index in [2.05, 4.69) is 0 Å². The standard InChI is InChI=1S/C17H18O7/c1-8-12(18)9(2)16(21,22)11-13(19)15(20)17(23,24-14(8)11)10-6-4-3-5-7-10/h3-7,11,15,18,20-23H,1-2H3. The molecule has 0 bridgehead atoms. The second-order valence-corrected chi connectivity index (χ2v) is 6.09. The number of carbonyl (C=O) groups excluding carboxylic acids is 1. The topological polar surface area (TPSA) is 127 Å². The molecule has 0 amide bonds. The van der Waals surface area contributed by atoms with E-state index in [0.717, 1.165) is 0 Å². The average molecular weight is 334 g/mol. The summed E-state index contributed by atoms with van der Waals surface area (Å²) in [4.78, 5) is 12.6. The molecule has 3 rings (SSSR count). The zero-order valence-corrected chi connectivity index (χ0v) is 13.1. The number of aliphatic hydroxyl groups is 5. The molecule has 1 aromatic rings. The molecule has 128 valence electrons. The van der Waals surface area contributed by atoms with Crippen molar-refractivity contribution < 1.29 is 35.1 Å². The van der Waals surface area contributed by atoms with Crippen LogP contribution in [0, 0.1) is 5.92 Å². The molecule has 2 aliphatic rings. The van der Waals surface area contributed by atoms with Crippen molar-refractivity contribution in [3.05, 3.63) is 58.6 Å². The van der Waals surface area contributed by atoms with Gasteiger partial charge >= 0.3 is 0 Å². The number of allylic oxidation sites excluding steroid dienone is 1. The fraction of sp³-hybridized carbons (Fsp3) is 0.353. The molecule has 24 heavy (non-hydrogen) atoms. The molecule has 1 aromatic carbocycles. The van der Waals surface area contributed by atoms with Gasteiger partial charge in [-0.3, -0.25) is 4.79 Å². The summed E-state index contributed by atoms with van der Waals surface area (Å²) in [6.07, 6.45) is -2.03. The Kier molecular flexibility index (Phi) is 3.58. The maximum atomic E-state index is 12.6. The zero-order chi connectivity index (χ0) is 17.9. The van der Waals surface area contributed by atoms with E-state index in [1.165, 1.54) is 26.0 Å². The number of hydrogen-bond acceptors (Lipinski definition) is 7. The van der Waals surface area contributed by atoms with Gasteiger partial charge in [-0.05, 0) is 13.8 Å². The van der Waals surface area contributed by atoms with Crippen molar-refractivity contribution in [2.24, 2.45) is 5.92 Å². The van der Waals surface area contributed by atoms with Gasteiger partial charge in [0.1, 0.15) is 17.4 Å². The Bertz CT molecular complexity index is 762. The molecule has 0 spiro atoms. The van der Waals surface area contributed by atoms with Gasteiger partial charge in [-0.15, -0.1) is 0 Å². The lowest BCUT2D eigenvalue weighted by Gasteiger charge is -2.46. The van der Waals surface area contributed by atoms with Gasteiger partial charge in [0.15, 0.2) is 11.9 Å². The zero-order valence-electron chi connectivity index (χ0n) is 13.1. The highest BCUT2D eigenvalue weighted by molar-refractivity contribution is 5.91. The first-order chi connectivity index (χ1) is 11.1. The van der Waals surface area contributed by atoms with Crippen LogP contribution in [0.15, 0.2) is 53.0 Å². The first-order valence-electron chi connectivity index (χ1n) is 7.37. The third kappa shape index (κ3) is 2.03. The molecule has 7 nitrogen and oxygen atoms in total. The fourth-order valence-corrected chi connectivity index (χ4v) is 3.12. The van der Waals surface area contributed by atoms with Crippen molar-refractivity contribution in [3.63, 3.8) is 0 Å². The average Bonchev–Trinajstić information content (AvgIpc) is 2.56. The molecule has 1 aliphatic heterocycles. The molecule has 7 heteroatoms. The fourth-order valence-electron chi connectivity index (χ4n) is 3.12. The number of benzene rings is 1. The van der Waals surface area contributed by atoms with E-state index in [1.807, 2.05) is 0 Å². The molecule has 0 radical (unpaired) electrons. The summed E-state index contributed by atoms with van der Waals surface area (Å²) >= 11 is 0. The molecular formula is C17H18O7. The number of hydrogen-bond donors (Lipinski definition) is 5. The number of fused-ring (bicyclic) bond motifs is 1. The molecule has 1 fully saturated rings. The Morgan fingerprint density at radius 1 is 1.08 bits per heavy atom. The maximum Gasteiger partial charge on any atom is 0.267 e. The molecule has 0 saturated carbocycles. The Balaban J connectivity index is 2.20. The van der Waals surface area contributed by atoms with E-state index in [1.54, 1.807) is 18.2 Å². The third-order valence-electron chi connectivity index (χ3n) is 4.67. The summed E-state index contributed by atoms with van der Waals surface area (Å²) < 4.78 is 5.46. The third-order valence-corrected chi connectivity index (χ3v) is 4.67. The second-order valence-electron chi connectivity index (χ2n) is 6.09. The van der Waals surface area contributed by atoms with E-state index in [4.69, 9.17) is 4.74 Å². The molecule has 1 heterocycles. The molecule has 1 saturated heterocycles. The van der Waals surface area contributed by atoms with E-state index >= 15 is 0 Å². The van der Waals surface area contributed by atoms with Gasteiger partial charge in [0.25, 0.3) is 5.79 Å². The summed E-state index contributed by atoms with van der Waals surface area (Å²) in [7, 11) is 0. The number of ketones is 1. The van der Waals surface area contributed by atoms with Crippen LogP contribution in [0.3, 0.4) is 0 Å². The Morgan fingerprint density at radius 3 is 2.25 bits per heavy atom. The number of aliphatic hydroxyl groups excluding tert-OH is 2. The predicted octanol–water partition coefficient (Wildman–Crippen LogP) is 0.209. The van der Waals surface area contributed by atoms with Crippen LogP contribution in [0.5, 0.6) is 0 Å². The summed E-state index contributed by atoms with van der Waals surface area (Å²) in [5, 5.41) is 51.7. The maximum absolute atomic E-state index is 12.6. The van der Waals surface area contributed by atoms with Crippen LogP contribution in [0.25, 0.3) is 0 Å². The van der Waals surface area contributed by atoms with Crippen molar-refractivity contribution >= 4 is 5.78 Å². The van der Waals surface area contributed by atoms with Gasteiger partial charge in [-0.25, -0.2) is 0 Å². The highest BCUT2D eigenvalue weighted by atomic mass is 16.6. The van der Waals surface area contributed by atoms with Crippen LogP contribution >= 0.6 is 0 Å². The van der Waals surface area contributed by atoms with Crippen molar-refractivity contribution in [1.29, 1.82) is 0 Å². The molecule has 3 unspecified atom stereocenters. The van der Waals surface area contributed by atoms with Crippen LogP contribution < -0.4 is 0 Å². The Morgan fingerprint density at radius 2 is 1.67 bits per heavy atom. The monoisotopic (exact) mass is 334 g/mol. The van der Waals surface area contributed by atoms with Crippen LogP contribution in [-0.4, -0.2) is 43.2 Å². The SMILES string of the molecule is CC1=C2OC(O)(c3ccccc3)C(O)C(=O)C2C(O)(O)C(C)=C1O. The van der Waals surface area contributed by atoms with E-state index < -0.39 is 35.1 Å². The van der Waals surface area contributed by atoms with Gasteiger partial charge in [0.05, 0.1) is 0 Å². The van der Waals surface area contributed by atoms with Crippen LogP contribution in [-0.2, 0) is 15.3 Å². The van der Waals surface area contributed by atoms with Gasteiger partial charge in [0.2, 0.25) is 5.79 Å². The van der Waals surface area contributed by atoms with Gasteiger partial charge in [0, 0.05) is 16.7 Å². The number of rotatable bonds is 1. The van der Waals surface area contributed by atoms with Gasteiger partial charge in [-0.2, -0.15) is 0 Å². The first kappa shape index (κ1) is 16.7. The van der Waals surface area contributed by atoms with Gasteiger partial charge in [-0.1, -0.05) is 30.3 Å². The molecule has 5 N–H and O–H groups in total. The summed E-state index contributed by atoms with van der Waals surface area (Å²) in [6.45, 7) is 2.68. The lowest BCUT2D eigenvalue weighted by Crippen LogP contribution is -2.60. The number of ether oxygens (including phenoxy) is 1. The number of Topliss-reactive ketones (excluding diaryl/α,β-unsaturated/α-hetero) is 1. The van der Waals surface area contributed by atoms with Crippen LogP contribution in [0.2, 0.25) is 0 Å². The Hall–Kier alpha value is -2.19. The van der Waals surface area contributed by atoms with Crippen molar-refractivity contribution in [2.45, 2.75) is 31.5 Å². The van der Waals surface area contributed by atoms with Crippen molar-refractivity contribution in [1.82, 2.24) is 0 Å². The van der Waals surface area contributed by atoms with Crippen molar-refractivity contribution in [2.75, 3.05) is 0 Å². The summed E-state index contributed by atoms with van der Waals surface area (Å²) in [6, 6.07) is 7.78. The summed E-state index contributed by atoms with van der Waals surface area (Å²) in [5.41, 5.74) is -0.0225. The number of carbonyl (C=O) groups is 1. The first-order valence-corrected chi connectivity index (χ1v) is 7.37. The largest absolute Gasteiger partial charge is 0.507 e. The minimum Gasteiger partial charge on any atom is -0.507 e.